The standard InChI is InChI=1S/C21H16N2O5/c1-2-9-23-19(24)17-8-5-15(12-18(17)20(23)25)21(26)28-11-10-27-16-6-3-14(13-22)4-7-16/h2-8,12H,1,9-11H2. The lowest BCUT2D eigenvalue weighted by Crippen LogP contribution is -2.29. The summed E-state index contributed by atoms with van der Waals surface area (Å²) in [5.41, 5.74) is 1.14. The summed E-state index contributed by atoms with van der Waals surface area (Å²) in [5, 5.41) is 8.75. The molecular weight excluding hydrogens is 360 g/mol. The number of ether oxygens (including phenoxy) is 2. The first-order chi connectivity index (χ1) is 13.5. The van der Waals surface area contributed by atoms with Crippen LogP contribution in [-0.2, 0) is 4.74 Å². The molecule has 28 heavy (non-hydrogen) atoms. The molecule has 0 spiro atoms. The van der Waals surface area contributed by atoms with Gasteiger partial charge in [0.15, 0.2) is 0 Å². The summed E-state index contributed by atoms with van der Waals surface area (Å²) >= 11 is 0. The first kappa shape index (κ1) is 18.9. The molecule has 0 aliphatic carbocycles. The molecular formula is C21H16N2O5. The number of nitriles is 1. The number of hydrogen-bond acceptors (Lipinski definition) is 6. The molecule has 7 heteroatoms. The van der Waals surface area contributed by atoms with E-state index in [2.05, 4.69) is 6.58 Å². The van der Waals surface area contributed by atoms with Crippen LogP contribution in [0.2, 0.25) is 0 Å². The molecule has 2 aromatic carbocycles. The van der Waals surface area contributed by atoms with E-state index in [0.29, 0.717) is 11.3 Å². The first-order valence-electron chi connectivity index (χ1n) is 8.46. The van der Waals surface area contributed by atoms with Crippen molar-refractivity contribution in [1.82, 2.24) is 4.90 Å². The Labute approximate surface area is 161 Å². The van der Waals surface area contributed by atoms with Gasteiger partial charge >= 0.3 is 5.97 Å². The van der Waals surface area contributed by atoms with Crippen molar-refractivity contribution in [3.8, 4) is 11.8 Å². The number of carbonyl (C=O) groups excluding carboxylic acids is 3. The van der Waals surface area contributed by atoms with Crippen LogP contribution in [0.15, 0.2) is 55.1 Å². The van der Waals surface area contributed by atoms with Crippen LogP contribution in [-0.4, -0.2) is 42.4 Å². The fourth-order valence-electron chi connectivity index (χ4n) is 2.72. The molecule has 0 fully saturated rings. The highest BCUT2D eigenvalue weighted by Crippen LogP contribution is 2.24. The van der Waals surface area contributed by atoms with Crippen molar-refractivity contribution in [2.24, 2.45) is 0 Å². The van der Waals surface area contributed by atoms with Gasteiger partial charge in [0.1, 0.15) is 19.0 Å². The van der Waals surface area contributed by atoms with Crippen LogP contribution in [0.5, 0.6) is 5.75 Å². The second kappa shape index (κ2) is 8.18. The molecule has 0 atom stereocenters. The smallest absolute Gasteiger partial charge is 0.338 e. The Balaban J connectivity index is 1.57. The topological polar surface area (TPSA) is 96.7 Å². The van der Waals surface area contributed by atoms with E-state index in [1.807, 2.05) is 6.07 Å². The number of rotatable bonds is 7. The van der Waals surface area contributed by atoms with Crippen molar-refractivity contribution in [3.63, 3.8) is 0 Å². The number of carbonyl (C=O) groups is 3. The number of fused-ring (bicyclic) bond motifs is 1. The molecule has 0 radical (unpaired) electrons. The van der Waals surface area contributed by atoms with E-state index in [1.54, 1.807) is 24.3 Å². The molecule has 0 saturated carbocycles. The second-order valence-electron chi connectivity index (χ2n) is 5.89. The predicted molar refractivity (Wildman–Crippen MR) is 98.9 cm³/mol. The SMILES string of the molecule is C=CCN1C(=O)c2ccc(C(=O)OCCOc3ccc(C#N)cc3)cc2C1=O. The van der Waals surface area contributed by atoms with Gasteiger partial charge in [-0.25, -0.2) is 4.79 Å². The van der Waals surface area contributed by atoms with Crippen LogP contribution in [0.25, 0.3) is 0 Å². The maximum Gasteiger partial charge on any atom is 0.338 e. The lowest BCUT2D eigenvalue weighted by atomic mass is 10.1. The molecule has 3 rings (SSSR count). The van der Waals surface area contributed by atoms with Crippen LogP contribution in [0.4, 0.5) is 0 Å². The summed E-state index contributed by atoms with van der Waals surface area (Å²) in [6, 6.07) is 12.8. The summed E-state index contributed by atoms with van der Waals surface area (Å²) in [4.78, 5) is 37.7. The molecule has 140 valence electrons. The Bertz CT molecular complexity index is 989. The van der Waals surface area contributed by atoms with Gasteiger partial charge in [0, 0.05) is 6.54 Å². The lowest BCUT2D eigenvalue weighted by Gasteiger charge is -2.09. The molecule has 2 amide bonds. The summed E-state index contributed by atoms with van der Waals surface area (Å²) < 4.78 is 10.6. The lowest BCUT2D eigenvalue weighted by molar-refractivity contribution is 0.0450. The van der Waals surface area contributed by atoms with Gasteiger partial charge in [-0.2, -0.15) is 5.26 Å². The minimum absolute atomic E-state index is 0.00534. The van der Waals surface area contributed by atoms with Crippen LogP contribution in [0.3, 0.4) is 0 Å². The summed E-state index contributed by atoms with van der Waals surface area (Å²) in [7, 11) is 0. The predicted octanol–water partition coefficient (Wildman–Crippen LogP) is 2.58. The van der Waals surface area contributed by atoms with Crippen molar-refractivity contribution in [2.45, 2.75) is 0 Å². The van der Waals surface area contributed by atoms with Crippen LogP contribution >= 0.6 is 0 Å². The molecule has 0 N–H and O–H groups in total. The molecule has 0 aromatic heterocycles. The zero-order chi connectivity index (χ0) is 20.1. The number of amides is 2. The van der Waals surface area contributed by atoms with E-state index >= 15 is 0 Å². The second-order valence-corrected chi connectivity index (χ2v) is 5.89. The molecule has 0 bridgehead atoms. The minimum Gasteiger partial charge on any atom is -0.490 e. The fourth-order valence-corrected chi connectivity index (χ4v) is 2.72. The number of nitrogens with zero attached hydrogens (tertiary/aromatic N) is 2. The van der Waals surface area contributed by atoms with E-state index in [0.717, 1.165) is 4.90 Å². The maximum absolute atomic E-state index is 12.3. The van der Waals surface area contributed by atoms with Gasteiger partial charge in [-0.3, -0.25) is 14.5 Å². The molecule has 7 nitrogen and oxygen atoms in total. The third kappa shape index (κ3) is 3.76. The average molecular weight is 376 g/mol. The summed E-state index contributed by atoms with van der Waals surface area (Å²) in [6.07, 6.45) is 1.46. The molecule has 0 unspecified atom stereocenters. The highest BCUT2D eigenvalue weighted by atomic mass is 16.6. The zero-order valence-electron chi connectivity index (χ0n) is 14.9. The average Bonchev–Trinajstić information content (AvgIpc) is 2.96. The maximum atomic E-state index is 12.3. The van der Waals surface area contributed by atoms with Gasteiger partial charge in [-0.05, 0) is 42.5 Å². The molecule has 1 aliphatic rings. The van der Waals surface area contributed by atoms with Gasteiger partial charge in [-0.15, -0.1) is 6.58 Å². The van der Waals surface area contributed by atoms with E-state index in [9.17, 15) is 14.4 Å². The Morgan fingerprint density at radius 1 is 1.07 bits per heavy atom. The highest BCUT2D eigenvalue weighted by Gasteiger charge is 2.35. The van der Waals surface area contributed by atoms with E-state index < -0.39 is 17.8 Å². The van der Waals surface area contributed by atoms with Crippen molar-refractivity contribution < 1.29 is 23.9 Å². The van der Waals surface area contributed by atoms with Gasteiger partial charge in [-0.1, -0.05) is 6.08 Å². The largest absolute Gasteiger partial charge is 0.490 e. The summed E-state index contributed by atoms with van der Waals surface area (Å²) in [6.45, 7) is 3.77. The van der Waals surface area contributed by atoms with Gasteiger partial charge in [0.25, 0.3) is 11.8 Å². The van der Waals surface area contributed by atoms with Gasteiger partial charge in [0.2, 0.25) is 0 Å². The molecule has 1 heterocycles. The van der Waals surface area contributed by atoms with E-state index in [-0.39, 0.29) is 36.4 Å². The van der Waals surface area contributed by atoms with Crippen molar-refractivity contribution >= 4 is 17.8 Å². The van der Waals surface area contributed by atoms with Crippen molar-refractivity contribution in [1.29, 1.82) is 5.26 Å². The Morgan fingerprint density at radius 2 is 1.79 bits per heavy atom. The zero-order valence-corrected chi connectivity index (χ0v) is 14.9. The Kier molecular flexibility index (Phi) is 5.51. The number of hydrogen-bond donors (Lipinski definition) is 0. The summed E-state index contributed by atoms with van der Waals surface area (Å²) in [5.74, 6) is -0.929. The first-order valence-corrected chi connectivity index (χ1v) is 8.46. The number of benzene rings is 2. The quantitative estimate of drug-likeness (QED) is 0.319. The van der Waals surface area contributed by atoms with Crippen LogP contribution in [0.1, 0.15) is 36.6 Å². The van der Waals surface area contributed by atoms with E-state index in [1.165, 1.54) is 24.3 Å². The Hall–Kier alpha value is -3.92. The third-order valence-corrected chi connectivity index (χ3v) is 4.09. The van der Waals surface area contributed by atoms with Gasteiger partial charge in [0.05, 0.1) is 28.3 Å². The molecule has 0 saturated heterocycles. The molecule has 2 aromatic rings. The van der Waals surface area contributed by atoms with Gasteiger partial charge < -0.3 is 9.47 Å². The third-order valence-electron chi connectivity index (χ3n) is 4.09. The van der Waals surface area contributed by atoms with Crippen LogP contribution < -0.4 is 4.74 Å². The minimum atomic E-state index is -0.617. The van der Waals surface area contributed by atoms with Crippen molar-refractivity contribution in [3.05, 3.63) is 77.4 Å². The molecule has 1 aliphatic heterocycles. The van der Waals surface area contributed by atoms with Crippen LogP contribution in [0, 0.1) is 11.3 Å². The highest BCUT2D eigenvalue weighted by molar-refractivity contribution is 6.22. The van der Waals surface area contributed by atoms with Crippen molar-refractivity contribution in [2.75, 3.05) is 19.8 Å². The number of esters is 1. The van der Waals surface area contributed by atoms with E-state index in [4.69, 9.17) is 14.7 Å². The number of imide groups is 1. The monoisotopic (exact) mass is 376 g/mol. The normalized spacial score (nSPS) is 12.3. The Morgan fingerprint density at radius 3 is 2.46 bits per heavy atom. The fraction of sp³-hybridized carbons (Fsp3) is 0.143.